The third kappa shape index (κ3) is 4.33. The molecular formula is C12H19NO2S. The van der Waals surface area contributed by atoms with Gasteiger partial charge in [-0.25, -0.2) is 8.42 Å². The van der Waals surface area contributed by atoms with Gasteiger partial charge < -0.3 is 5.73 Å². The minimum absolute atomic E-state index is 0.00827. The van der Waals surface area contributed by atoms with Gasteiger partial charge in [0, 0.05) is 5.54 Å². The van der Waals surface area contributed by atoms with Crippen LogP contribution in [0.3, 0.4) is 0 Å². The minimum Gasteiger partial charge on any atom is -0.325 e. The number of sulfone groups is 1. The third-order valence-corrected chi connectivity index (χ3v) is 4.16. The zero-order chi connectivity index (χ0) is 12.4. The first kappa shape index (κ1) is 13.2. The number of rotatable bonds is 4. The van der Waals surface area contributed by atoms with Gasteiger partial charge in [-0.05, 0) is 31.9 Å². The van der Waals surface area contributed by atoms with Gasteiger partial charge in [0.25, 0.3) is 0 Å². The summed E-state index contributed by atoms with van der Waals surface area (Å²) in [4.78, 5) is 0. The predicted octanol–water partition coefficient (Wildman–Crippen LogP) is 1.65. The fraction of sp³-hybridized carbons (Fsp3) is 0.500. The third-order valence-electron chi connectivity index (χ3n) is 2.23. The van der Waals surface area contributed by atoms with E-state index in [1.165, 1.54) is 0 Å². The van der Waals surface area contributed by atoms with Gasteiger partial charge in [0.05, 0.1) is 11.5 Å². The molecule has 4 heteroatoms. The van der Waals surface area contributed by atoms with Gasteiger partial charge in [0.1, 0.15) is 0 Å². The van der Waals surface area contributed by atoms with E-state index in [2.05, 4.69) is 0 Å². The Morgan fingerprint density at radius 1 is 1.25 bits per heavy atom. The molecule has 0 bridgehead atoms. The molecule has 16 heavy (non-hydrogen) atoms. The molecular weight excluding hydrogens is 222 g/mol. The molecule has 1 aromatic rings. The maximum absolute atomic E-state index is 11.9. The normalized spacial score (nSPS) is 12.8. The van der Waals surface area contributed by atoms with Crippen LogP contribution in [0.25, 0.3) is 0 Å². The molecule has 1 rings (SSSR count). The topological polar surface area (TPSA) is 60.2 Å². The van der Waals surface area contributed by atoms with Crippen molar-refractivity contribution in [2.24, 2.45) is 5.73 Å². The summed E-state index contributed by atoms with van der Waals surface area (Å²) < 4.78 is 23.8. The van der Waals surface area contributed by atoms with Gasteiger partial charge in [-0.3, -0.25) is 0 Å². The molecule has 0 saturated carbocycles. The lowest BCUT2D eigenvalue weighted by Gasteiger charge is -2.18. The van der Waals surface area contributed by atoms with E-state index in [0.717, 1.165) is 11.1 Å². The van der Waals surface area contributed by atoms with Crippen molar-refractivity contribution < 1.29 is 8.42 Å². The van der Waals surface area contributed by atoms with Crippen molar-refractivity contribution in [1.82, 2.24) is 0 Å². The molecule has 0 aliphatic rings. The Hall–Kier alpha value is -0.870. The Kier molecular flexibility index (Phi) is 3.76. The van der Waals surface area contributed by atoms with Crippen LogP contribution in [0, 0.1) is 6.92 Å². The highest BCUT2D eigenvalue weighted by molar-refractivity contribution is 7.90. The number of aryl methyl sites for hydroxylation is 1. The monoisotopic (exact) mass is 241 g/mol. The van der Waals surface area contributed by atoms with Crippen molar-refractivity contribution in [3.05, 3.63) is 35.4 Å². The highest BCUT2D eigenvalue weighted by Gasteiger charge is 2.22. The maximum Gasteiger partial charge on any atom is 0.156 e. The van der Waals surface area contributed by atoms with E-state index in [1.807, 2.05) is 31.2 Å². The molecule has 0 radical (unpaired) electrons. The van der Waals surface area contributed by atoms with Crippen molar-refractivity contribution >= 4 is 9.84 Å². The van der Waals surface area contributed by atoms with E-state index >= 15 is 0 Å². The lowest BCUT2D eigenvalue weighted by Crippen LogP contribution is -2.40. The molecule has 1 aromatic carbocycles. The lowest BCUT2D eigenvalue weighted by molar-refractivity contribution is 0.544. The summed E-state index contributed by atoms with van der Waals surface area (Å²) in [5.41, 5.74) is 6.91. The summed E-state index contributed by atoms with van der Waals surface area (Å²) in [5.74, 6) is 0.0780. The van der Waals surface area contributed by atoms with Crippen LogP contribution >= 0.6 is 0 Å². The molecule has 0 amide bonds. The van der Waals surface area contributed by atoms with E-state index in [9.17, 15) is 8.42 Å². The summed E-state index contributed by atoms with van der Waals surface area (Å²) >= 11 is 0. The van der Waals surface area contributed by atoms with E-state index in [-0.39, 0.29) is 11.5 Å². The van der Waals surface area contributed by atoms with Crippen LogP contribution in [0.15, 0.2) is 24.3 Å². The summed E-state index contributed by atoms with van der Waals surface area (Å²) in [6.07, 6.45) is 0. The Morgan fingerprint density at radius 3 is 2.31 bits per heavy atom. The van der Waals surface area contributed by atoms with Gasteiger partial charge >= 0.3 is 0 Å². The van der Waals surface area contributed by atoms with Crippen LogP contribution in [0.4, 0.5) is 0 Å². The summed E-state index contributed by atoms with van der Waals surface area (Å²) in [7, 11) is -3.14. The second-order valence-corrected chi connectivity index (χ2v) is 7.01. The Labute approximate surface area is 97.6 Å². The van der Waals surface area contributed by atoms with Crippen LogP contribution in [-0.2, 0) is 15.6 Å². The van der Waals surface area contributed by atoms with Crippen molar-refractivity contribution in [3.63, 3.8) is 0 Å². The van der Waals surface area contributed by atoms with E-state index < -0.39 is 15.4 Å². The lowest BCUT2D eigenvalue weighted by atomic mass is 10.1. The van der Waals surface area contributed by atoms with Crippen molar-refractivity contribution in [1.29, 1.82) is 0 Å². The van der Waals surface area contributed by atoms with Crippen LogP contribution in [0.1, 0.15) is 25.0 Å². The number of benzene rings is 1. The molecule has 0 fully saturated rings. The standard InChI is InChI=1S/C12H19NO2S/c1-10-6-4-5-7-11(10)8-16(14,15)9-12(2,3)13/h4-7H,8-9,13H2,1-3H3. The Morgan fingerprint density at radius 2 is 1.81 bits per heavy atom. The minimum atomic E-state index is -3.14. The number of hydrogen-bond acceptors (Lipinski definition) is 3. The summed E-state index contributed by atoms with van der Waals surface area (Å²) in [6.45, 7) is 5.36. The van der Waals surface area contributed by atoms with Gasteiger partial charge in [0.2, 0.25) is 0 Å². The molecule has 0 saturated heterocycles. The number of hydrogen-bond donors (Lipinski definition) is 1. The van der Waals surface area contributed by atoms with Crippen molar-refractivity contribution in [2.75, 3.05) is 5.75 Å². The summed E-state index contributed by atoms with van der Waals surface area (Å²) in [5, 5.41) is 0. The average Bonchev–Trinajstić information content (AvgIpc) is 2.04. The van der Waals surface area contributed by atoms with Crippen molar-refractivity contribution in [3.8, 4) is 0 Å². The molecule has 0 aliphatic carbocycles. The second-order valence-electron chi connectivity index (χ2n) is 4.95. The molecule has 0 unspecified atom stereocenters. The SMILES string of the molecule is Cc1ccccc1CS(=O)(=O)CC(C)(C)N. The smallest absolute Gasteiger partial charge is 0.156 e. The second kappa shape index (κ2) is 4.55. The molecule has 0 heterocycles. The van der Waals surface area contributed by atoms with Gasteiger partial charge in [0.15, 0.2) is 9.84 Å². The highest BCUT2D eigenvalue weighted by atomic mass is 32.2. The van der Waals surface area contributed by atoms with Crippen LogP contribution in [0.5, 0.6) is 0 Å². The predicted molar refractivity (Wildman–Crippen MR) is 66.9 cm³/mol. The van der Waals surface area contributed by atoms with E-state index in [1.54, 1.807) is 13.8 Å². The zero-order valence-electron chi connectivity index (χ0n) is 10.0. The van der Waals surface area contributed by atoms with Gasteiger partial charge in [-0.15, -0.1) is 0 Å². The fourth-order valence-corrected chi connectivity index (χ4v) is 3.66. The Bertz CT molecular complexity index is 458. The highest BCUT2D eigenvalue weighted by Crippen LogP contribution is 2.14. The van der Waals surface area contributed by atoms with Gasteiger partial charge in [-0.2, -0.15) is 0 Å². The number of nitrogens with two attached hydrogens (primary N) is 1. The Balaban J connectivity index is 2.86. The molecule has 0 aromatic heterocycles. The van der Waals surface area contributed by atoms with Crippen molar-refractivity contribution in [2.45, 2.75) is 32.1 Å². The largest absolute Gasteiger partial charge is 0.325 e. The van der Waals surface area contributed by atoms with Crippen LogP contribution < -0.4 is 5.73 Å². The van der Waals surface area contributed by atoms with E-state index in [4.69, 9.17) is 5.73 Å². The molecule has 0 atom stereocenters. The first-order valence-corrected chi connectivity index (χ1v) is 7.06. The average molecular weight is 241 g/mol. The zero-order valence-corrected chi connectivity index (χ0v) is 10.8. The first-order valence-electron chi connectivity index (χ1n) is 5.23. The van der Waals surface area contributed by atoms with E-state index in [0.29, 0.717) is 0 Å². The molecule has 90 valence electrons. The molecule has 0 aliphatic heterocycles. The molecule has 0 spiro atoms. The van der Waals surface area contributed by atoms with Crippen LogP contribution in [-0.4, -0.2) is 19.7 Å². The maximum atomic E-state index is 11.9. The van der Waals surface area contributed by atoms with Gasteiger partial charge in [-0.1, -0.05) is 24.3 Å². The van der Waals surface area contributed by atoms with Crippen LogP contribution in [0.2, 0.25) is 0 Å². The first-order chi connectivity index (χ1) is 7.20. The molecule has 3 nitrogen and oxygen atoms in total. The quantitative estimate of drug-likeness (QED) is 0.872. The molecule has 2 N–H and O–H groups in total. The summed E-state index contributed by atoms with van der Waals surface area (Å²) in [6, 6.07) is 7.51. The fourth-order valence-electron chi connectivity index (χ4n) is 1.63.